The molecule has 0 unspecified atom stereocenters. The van der Waals surface area contributed by atoms with Gasteiger partial charge in [0.2, 0.25) is 0 Å². The van der Waals surface area contributed by atoms with Crippen LogP contribution in [0.4, 0.5) is 0 Å². The third-order valence-corrected chi connectivity index (χ3v) is 2.47. The molecule has 1 rings (SSSR count). The molecule has 0 atom stereocenters. The average molecular weight is 282 g/mol. The molecule has 0 aromatic heterocycles. The molecular weight excluding hydrogens is 268 g/mol. The highest BCUT2D eigenvalue weighted by atomic mass is 32.1. The lowest BCUT2D eigenvalue weighted by atomic mass is 10.1. The number of nitrogens with zero attached hydrogens (tertiary/aromatic N) is 2. The predicted molar refractivity (Wildman–Crippen MR) is 77.0 cm³/mol. The van der Waals surface area contributed by atoms with Crippen LogP contribution in [0.2, 0.25) is 0 Å². The molecule has 0 saturated heterocycles. The van der Waals surface area contributed by atoms with Crippen LogP contribution in [0.15, 0.2) is 34.3 Å². The zero-order chi connectivity index (χ0) is 13.4. The standard InChI is InChI=1S/C12H16N2O2S2/c15-11(13-4-6-17)9-2-1-3-10(8-9)12(16)14-5-7-18/h1-3,8,17-18H,4-7H2,(H,13,15)(H,14,16)/p-2. The van der Waals surface area contributed by atoms with E-state index in [9.17, 15) is 10.2 Å². The molecule has 0 spiro atoms. The van der Waals surface area contributed by atoms with Crippen molar-refractivity contribution in [3.63, 3.8) is 0 Å². The Morgan fingerprint density at radius 2 is 1.39 bits per heavy atom. The lowest BCUT2D eigenvalue weighted by Gasteiger charge is -2.15. The van der Waals surface area contributed by atoms with Gasteiger partial charge in [0.25, 0.3) is 0 Å². The largest absolute Gasteiger partial charge is 0.858 e. The summed E-state index contributed by atoms with van der Waals surface area (Å²) >= 11 is 7.95. The summed E-state index contributed by atoms with van der Waals surface area (Å²) in [5, 5.41) is 23.3. The second-order valence-corrected chi connectivity index (χ2v) is 4.30. The molecule has 98 valence electrons. The second kappa shape index (κ2) is 8.05. The number of rotatable bonds is 6. The normalized spacial score (nSPS) is 12.8. The fraction of sp³-hybridized carbons (Fsp3) is 0.333. The van der Waals surface area contributed by atoms with Gasteiger partial charge in [-0.15, -0.1) is 0 Å². The molecule has 0 aliphatic rings. The molecule has 0 aliphatic heterocycles. The van der Waals surface area contributed by atoms with Crippen LogP contribution in [0, 0.1) is 0 Å². The Labute approximate surface area is 117 Å². The van der Waals surface area contributed by atoms with Crippen LogP contribution in [0.1, 0.15) is 11.1 Å². The second-order valence-electron chi connectivity index (χ2n) is 3.40. The summed E-state index contributed by atoms with van der Waals surface area (Å²) in [6, 6.07) is 6.40. The van der Waals surface area contributed by atoms with Gasteiger partial charge in [0.1, 0.15) is 0 Å². The molecule has 0 aliphatic carbocycles. The van der Waals surface area contributed by atoms with Crippen molar-refractivity contribution < 1.29 is 10.2 Å². The Hall–Kier alpha value is -1.14. The van der Waals surface area contributed by atoms with Crippen molar-refractivity contribution in [1.29, 1.82) is 0 Å². The SMILES string of the molecule is [O-]C(=NCCS)c1cccc(C([O-])=NCCS)c1. The summed E-state index contributed by atoms with van der Waals surface area (Å²) < 4.78 is 0. The lowest BCUT2D eigenvalue weighted by Crippen LogP contribution is -2.23. The molecule has 0 radical (unpaired) electrons. The van der Waals surface area contributed by atoms with Crippen LogP contribution in [0.25, 0.3) is 0 Å². The van der Waals surface area contributed by atoms with Gasteiger partial charge in [-0.2, -0.15) is 25.3 Å². The van der Waals surface area contributed by atoms with E-state index in [-0.39, 0.29) is 11.8 Å². The first kappa shape index (κ1) is 14.9. The van der Waals surface area contributed by atoms with E-state index in [0.717, 1.165) is 0 Å². The molecule has 0 amide bonds. The molecule has 1 aromatic rings. The fourth-order valence-electron chi connectivity index (χ4n) is 1.27. The average Bonchev–Trinajstić information content (AvgIpc) is 2.42. The lowest BCUT2D eigenvalue weighted by molar-refractivity contribution is -0.213. The molecule has 4 nitrogen and oxygen atoms in total. The van der Waals surface area contributed by atoms with Crippen LogP contribution in [-0.4, -0.2) is 36.4 Å². The van der Waals surface area contributed by atoms with E-state index >= 15 is 0 Å². The first-order chi connectivity index (χ1) is 8.69. The quantitative estimate of drug-likeness (QED) is 0.429. The monoisotopic (exact) mass is 282 g/mol. The third kappa shape index (κ3) is 4.62. The fourth-order valence-corrected chi connectivity index (χ4v) is 1.47. The Morgan fingerprint density at radius 3 is 1.78 bits per heavy atom. The maximum absolute atomic E-state index is 11.6. The molecular formula is C12H14N2O2S2-2. The minimum Gasteiger partial charge on any atom is -0.858 e. The van der Waals surface area contributed by atoms with Gasteiger partial charge < -0.3 is 10.2 Å². The number of hydrogen-bond donors (Lipinski definition) is 2. The third-order valence-electron chi connectivity index (χ3n) is 2.07. The smallest absolute Gasteiger partial charge is 0.0470 e. The van der Waals surface area contributed by atoms with Gasteiger partial charge in [-0.3, -0.25) is 9.98 Å². The Kier molecular flexibility index (Phi) is 6.67. The molecule has 18 heavy (non-hydrogen) atoms. The number of aliphatic imine (C=N–C) groups is 2. The van der Waals surface area contributed by atoms with Crippen LogP contribution in [0.3, 0.4) is 0 Å². The molecule has 0 fully saturated rings. The summed E-state index contributed by atoms with van der Waals surface area (Å²) in [6.07, 6.45) is 0. The van der Waals surface area contributed by atoms with Gasteiger partial charge in [0.15, 0.2) is 0 Å². The van der Waals surface area contributed by atoms with Crippen LogP contribution in [-0.2, 0) is 0 Å². The first-order valence-electron chi connectivity index (χ1n) is 5.44. The summed E-state index contributed by atoms with van der Waals surface area (Å²) in [4.78, 5) is 7.61. The number of thiol groups is 2. The maximum Gasteiger partial charge on any atom is 0.0470 e. The van der Waals surface area contributed by atoms with Gasteiger partial charge in [0.05, 0.1) is 0 Å². The minimum absolute atomic E-state index is 0.340. The Balaban J connectivity index is 2.92. The van der Waals surface area contributed by atoms with Gasteiger partial charge in [-0.1, -0.05) is 18.2 Å². The molecule has 0 heterocycles. The molecule has 0 N–H and O–H groups in total. The van der Waals surface area contributed by atoms with Crippen molar-refractivity contribution in [2.45, 2.75) is 0 Å². The number of benzene rings is 1. The first-order valence-corrected chi connectivity index (χ1v) is 6.71. The highest BCUT2D eigenvalue weighted by molar-refractivity contribution is 7.80. The molecule has 1 aromatic carbocycles. The van der Waals surface area contributed by atoms with Crippen molar-refractivity contribution in [3.05, 3.63) is 35.4 Å². The predicted octanol–water partition coefficient (Wildman–Crippen LogP) is -0.240. The molecule has 0 bridgehead atoms. The summed E-state index contributed by atoms with van der Waals surface area (Å²) in [6.45, 7) is 0.730. The van der Waals surface area contributed by atoms with Crippen molar-refractivity contribution in [2.75, 3.05) is 24.6 Å². The summed E-state index contributed by atoms with van der Waals surface area (Å²) in [5.74, 6) is 0.351. The van der Waals surface area contributed by atoms with E-state index in [4.69, 9.17) is 0 Å². The molecule has 0 saturated carbocycles. The van der Waals surface area contributed by atoms with E-state index in [1.165, 1.54) is 6.07 Å². The topological polar surface area (TPSA) is 70.8 Å². The van der Waals surface area contributed by atoms with Crippen molar-refractivity contribution in [3.8, 4) is 0 Å². The Morgan fingerprint density at radius 1 is 0.944 bits per heavy atom. The minimum atomic E-state index is -0.340. The van der Waals surface area contributed by atoms with Crippen LogP contribution >= 0.6 is 25.3 Å². The van der Waals surface area contributed by atoms with Crippen molar-refractivity contribution in [1.82, 2.24) is 0 Å². The van der Waals surface area contributed by atoms with E-state index in [2.05, 4.69) is 35.2 Å². The van der Waals surface area contributed by atoms with Crippen molar-refractivity contribution in [2.24, 2.45) is 9.98 Å². The molecule has 6 heteroatoms. The highest BCUT2D eigenvalue weighted by Gasteiger charge is 1.96. The van der Waals surface area contributed by atoms with Crippen LogP contribution < -0.4 is 10.2 Å². The van der Waals surface area contributed by atoms with Gasteiger partial charge in [-0.25, -0.2) is 0 Å². The zero-order valence-electron chi connectivity index (χ0n) is 9.74. The van der Waals surface area contributed by atoms with Crippen LogP contribution in [0.5, 0.6) is 0 Å². The van der Waals surface area contributed by atoms with E-state index in [1.54, 1.807) is 18.2 Å². The zero-order valence-corrected chi connectivity index (χ0v) is 11.5. The summed E-state index contributed by atoms with van der Waals surface area (Å²) in [5.41, 5.74) is 0.785. The number of hydrogen-bond acceptors (Lipinski definition) is 6. The van der Waals surface area contributed by atoms with Gasteiger partial charge in [0, 0.05) is 24.6 Å². The van der Waals surface area contributed by atoms with E-state index < -0.39 is 0 Å². The van der Waals surface area contributed by atoms with Crippen molar-refractivity contribution >= 4 is 37.1 Å². The van der Waals surface area contributed by atoms with E-state index in [0.29, 0.717) is 35.7 Å². The van der Waals surface area contributed by atoms with Gasteiger partial charge >= 0.3 is 0 Å². The summed E-state index contributed by atoms with van der Waals surface area (Å²) in [7, 11) is 0. The highest BCUT2D eigenvalue weighted by Crippen LogP contribution is 2.05. The Bertz CT molecular complexity index is 410. The van der Waals surface area contributed by atoms with Gasteiger partial charge in [-0.05, 0) is 29.0 Å². The maximum atomic E-state index is 11.6. The van der Waals surface area contributed by atoms with E-state index in [1.807, 2.05) is 0 Å².